The molecule has 0 aliphatic carbocycles. The molecule has 23 heavy (non-hydrogen) atoms. The molecule has 1 unspecified atom stereocenters. The van der Waals surface area contributed by atoms with Crippen molar-refractivity contribution in [3.05, 3.63) is 66.5 Å². The van der Waals surface area contributed by atoms with Gasteiger partial charge in [0.05, 0.1) is 17.8 Å². The second kappa shape index (κ2) is 5.21. The van der Waals surface area contributed by atoms with Crippen molar-refractivity contribution in [3.8, 4) is 11.1 Å². The van der Waals surface area contributed by atoms with Gasteiger partial charge in [0.2, 0.25) is 0 Å². The van der Waals surface area contributed by atoms with Crippen molar-refractivity contribution in [2.45, 2.75) is 13.0 Å². The summed E-state index contributed by atoms with van der Waals surface area (Å²) in [7, 11) is 2.07. The van der Waals surface area contributed by atoms with Gasteiger partial charge >= 0.3 is 0 Å². The monoisotopic (exact) mass is 302 g/mol. The Morgan fingerprint density at radius 1 is 0.957 bits per heavy atom. The minimum Gasteiger partial charge on any atom is -0.389 e. The minimum absolute atomic E-state index is 0.456. The maximum Gasteiger partial charge on any atom is 0.0762 e. The summed E-state index contributed by atoms with van der Waals surface area (Å²) in [4.78, 5) is 4.23. The van der Waals surface area contributed by atoms with Crippen molar-refractivity contribution in [2.75, 3.05) is 0 Å². The SMILES string of the molecule is CC(O)c1cccc(-c2ccc3c(c2)c2ccncc2n3C)c1. The quantitative estimate of drug-likeness (QED) is 0.594. The molecule has 0 aliphatic heterocycles. The molecule has 2 aromatic heterocycles. The summed E-state index contributed by atoms with van der Waals surface area (Å²) in [5.41, 5.74) is 5.55. The summed E-state index contributed by atoms with van der Waals surface area (Å²) in [6, 6.07) is 16.7. The van der Waals surface area contributed by atoms with E-state index in [0.717, 1.165) is 22.2 Å². The van der Waals surface area contributed by atoms with Gasteiger partial charge in [-0.15, -0.1) is 0 Å². The van der Waals surface area contributed by atoms with Crippen LogP contribution in [0.5, 0.6) is 0 Å². The van der Waals surface area contributed by atoms with Crippen LogP contribution in [-0.2, 0) is 7.05 Å². The summed E-state index contributed by atoms with van der Waals surface area (Å²) in [6.45, 7) is 1.79. The number of fused-ring (bicyclic) bond motifs is 3. The van der Waals surface area contributed by atoms with Crippen LogP contribution in [0.4, 0.5) is 0 Å². The molecule has 4 rings (SSSR count). The first-order chi connectivity index (χ1) is 11.1. The third kappa shape index (κ3) is 2.21. The van der Waals surface area contributed by atoms with Crippen molar-refractivity contribution in [2.24, 2.45) is 7.05 Å². The highest BCUT2D eigenvalue weighted by Crippen LogP contribution is 2.32. The number of hydrogen-bond donors (Lipinski definition) is 1. The first-order valence-electron chi connectivity index (χ1n) is 7.76. The number of nitrogens with zero attached hydrogens (tertiary/aromatic N) is 2. The number of aryl methyl sites for hydroxylation is 1. The van der Waals surface area contributed by atoms with E-state index in [2.05, 4.69) is 53.0 Å². The smallest absolute Gasteiger partial charge is 0.0762 e. The van der Waals surface area contributed by atoms with E-state index in [1.165, 1.54) is 16.3 Å². The van der Waals surface area contributed by atoms with E-state index < -0.39 is 6.10 Å². The molecule has 0 aliphatic rings. The van der Waals surface area contributed by atoms with Crippen LogP contribution in [0.1, 0.15) is 18.6 Å². The van der Waals surface area contributed by atoms with Crippen molar-refractivity contribution in [1.82, 2.24) is 9.55 Å². The van der Waals surface area contributed by atoms with Crippen LogP contribution in [0.25, 0.3) is 32.9 Å². The zero-order chi connectivity index (χ0) is 16.0. The predicted molar refractivity (Wildman–Crippen MR) is 94.3 cm³/mol. The maximum atomic E-state index is 9.80. The van der Waals surface area contributed by atoms with Crippen LogP contribution in [0.15, 0.2) is 60.9 Å². The molecule has 1 atom stereocenters. The molecule has 4 aromatic rings. The van der Waals surface area contributed by atoms with E-state index in [1.807, 2.05) is 24.5 Å². The van der Waals surface area contributed by atoms with E-state index in [1.54, 1.807) is 6.92 Å². The van der Waals surface area contributed by atoms with Crippen molar-refractivity contribution >= 4 is 21.8 Å². The molecular weight excluding hydrogens is 284 g/mol. The van der Waals surface area contributed by atoms with Gasteiger partial charge in [-0.3, -0.25) is 4.98 Å². The van der Waals surface area contributed by atoms with Gasteiger partial charge in [-0.05, 0) is 47.9 Å². The number of aromatic nitrogens is 2. The van der Waals surface area contributed by atoms with Crippen LogP contribution in [0.2, 0.25) is 0 Å². The van der Waals surface area contributed by atoms with Gasteiger partial charge in [0, 0.05) is 29.5 Å². The fourth-order valence-electron chi connectivity index (χ4n) is 3.21. The van der Waals surface area contributed by atoms with E-state index >= 15 is 0 Å². The molecule has 2 aromatic carbocycles. The predicted octanol–water partition coefficient (Wildman–Crippen LogP) is 4.45. The van der Waals surface area contributed by atoms with Crippen LogP contribution in [0.3, 0.4) is 0 Å². The number of aliphatic hydroxyl groups is 1. The lowest BCUT2D eigenvalue weighted by molar-refractivity contribution is 0.199. The molecule has 1 N–H and O–H groups in total. The van der Waals surface area contributed by atoms with Crippen molar-refractivity contribution in [1.29, 1.82) is 0 Å². The van der Waals surface area contributed by atoms with Crippen molar-refractivity contribution in [3.63, 3.8) is 0 Å². The zero-order valence-electron chi connectivity index (χ0n) is 13.2. The summed E-state index contributed by atoms with van der Waals surface area (Å²) < 4.78 is 2.17. The molecule has 0 amide bonds. The Hall–Kier alpha value is -2.65. The Bertz CT molecular complexity index is 1010. The number of rotatable bonds is 2. The fraction of sp³-hybridized carbons (Fsp3) is 0.150. The molecule has 2 heterocycles. The number of hydrogen-bond acceptors (Lipinski definition) is 2. The van der Waals surface area contributed by atoms with E-state index in [9.17, 15) is 5.11 Å². The average Bonchev–Trinajstić information content (AvgIpc) is 2.88. The average molecular weight is 302 g/mol. The molecular formula is C20H18N2O. The lowest BCUT2D eigenvalue weighted by Crippen LogP contribution is -1.91. The van der Waals surface area contributed by atoms with Crippen molar-refractivity contribution < 1.29 is 5.11 Å². The van der Waals surface area contributed by atoms with Gasteiger partial charge in [0.1, 0.15) is 0 Å². The number of pyridine rings is 1. The second-order valence-corrected chi connectivity index (χ2v) is 5.99. The molecule has 0 spiro atoms. The largest absolute Gasteiger partial charge is 0.389 e. The third-order valence-corrected chi connectivity index (χ3v) is 4.51. The first-order valence-corrected chi connectivity index (χ1v) is 7.76. The topological polar surface area (TPSA) is 38.1 Å². The summed E-state index contributed by atoms with van der Waals surface area (Å²) >= 11 is 0. The lowest BCUT2D eigenvalue weighted by Gasteiger charge is -2.08. The van der Waals surface area contributed by atoms with E-state index in [4.69, 9.17) is 0 Å². The Kier molecular flexibility index (Phi) is 3.17. The molecule has 3 heteroatoms. The second-order valence-electron chi connectivity index (χ2n) is 5.99. The van der Waals surface area contributed by atoms with E-state index in [-0.39, 0.29) is 0 Å². The Morgan fingerprint density at radius 2 is 1.78 bits per heavy atom. The fourth-order valence-corrected chi connectivity index (χ4v) is 3.21. The normalized spacial score (nSPS) is 12.8. The molecule has 0 saturated carbocycles. The van der Waals surface area contributed by atoms with Crippen LogP contribution < -0.4 is 0 Å². The summed E-state index contributed by atoms with van der Waals surface area (Å²) in [5, 5.41) is 12.2. The molecule has 0 radical (unpaired) electrons. The van der Waals surface area contributed by atoms with Gasteiger partial charge in [0.15, 0.2) is 0 Å². The highest BCUT2D eigenvalue weighted by atomic mass is 16.3. The third-order valence-electron chi connectivity index (χ3n) is 4.51. The van der Waals surface area contributed by atoms with Gasteiger partial charge in [-0.2, -0.15) is 0 Å². The first kappa shape index (κ1) is 14.0. The van der Waals surface area contributed by atoms with Crippen LogP contribution in [0, 0.1) is 0 Å². The van der Waals surface area contributed by atoms with Gasteiger partial charge in [-0.1, -0.05) is 24.3 Å². The molecule has 114 valence electrons. The molecule has 0 saturated heterocycles. The Balaban J connectivity index is 1.96. The highest BCUT2D eigenvalue weighted by molar-refractivity contribution is 6.08. The van der Waals surface area contributed by atoms with E-state index in [0.29, 0.717) is 0 Å². The lowest BCUT2D eigenvalue weighted by atomic mass is 9.99. The summed E-state index contributed by atoms with van der Waals surface area (Å²) in [5.74, 6) is 0. The van der Waals surface area contributed by atoms with Crippen LogP contribution in [-0.4, -0.2) is 14.7 Å². The number of benzene rings is 2. The van der Waals surface area contributed by atoms with Gasteiger partial charge in [0.25, 0.3) is 0 Å². The van der Waals surface area contributed by atoms with Crippen LogP contribution >= 0.6 is 0 Å². The Labute approximate surface area is 134 Å². The summed E-state index contributed by atoms with van der Waals surface area (Å²) in [6.07, 6.45) is 3.29. The minimum atomic E-state index is -0.456. The Morgan fingerprint density at radius 3 is 2.61 bits per heavy atom. The zero-order valence-corrected chi connectivity index (χ0v) is 13.2. The molecule has 0 bridgehead atoms. The molecule has 3 nitrogen and oxygen atoms in total. The van der Waals surface area contributed by atoms with Gasteiger partial charge in [-0.25, -0.2) is 0 Å². The number of aliphatic hydroxyl groups excluding tert-OH is 1. The highest BCUT2D eigenvalue weighted by Gasteiger charge is 2.10. The maximum absolute atomic E-state index is 9.80. The standard InChI is InChI=1S/C20H18N2O/c1-13(23)14-4-3-5-15(10-14)16-6-7-19-18(11-16)17-8-9-21-12-20(17)22(19)2/h3-13,23H,1-2H3. The molecule has 0 fully saturated rings. The van der Waals surface area contributed by atoms with Gasteiger partial charge < -0.3 is 9.67 Å².